The van der Waals surface area contributed by atoms with Gasteiger partial charge in [0, 0.05) is 33.4 Å². The van der Waals surface area contributed by atoms with Crippen molar-refractivity contribution in [3.8, 4) is 0 Å². The number of ether oxygens (including phenoxy) is 2. The summed E-state index contributed by atoms with van der Waals surface area (Å²) in [5, 5.41) is 0. The molecule has 5 nitrogen and oxygen atoms in total. The van der Waals surface area contributed by atoms with Crippen LogP contribution in [0.15, 0.2) is 18.3 Å². The average molecular weight is 251 g/mol. The normalized spacial score (nSPS) is 25.4. The van der Waals surface area contributed by atoms with Crippen LogP contribution in [0.1, 0.15) is 18.7 Å². The molecule has 100 valence electrons. The fourth-order valence-electron chi connectivity index (χ4n) is 2.26. The number of aromatic nitrogens is 1. The lowest BCUT2D eigenvalue weighted by molar-refractivity contribution is -0.00461. The predicted molar refractivity (Wildman–Crippen MR) is 70.6 cm³/mol. The summed E-state index contributed by atoms with van der Waals surface area (Å²) in [7, 11) is 3.44. The van der Waals surface area contributed by atoms with Crippen LogP contribution in [0.3, 0.4) is 0 Å². The first kappa shape index (κ1) is 13.3. The smallest absolute Gasteiger partial charge is 0.102 e. The largest absolute Gasteiger partial charge is 0.377 e. The lowest BCUT2D eigenvalue weighted by Gasteiger charge is -2.18. The average Bonchev–Trinajstić information content (AvgIpc) is 2.82. The van der Waals surface area contributed by atoms with Gasteiger partial charge < -0.3 is 20.1 Å². The van der Waals surface area contributed by atoms with Crippen LogP contribution in [-0.2, 0) is 9.47 Å². The fraction of sp³-hybridized carbons (Fsp3) is 0.615. The van der Waals surface area contributed by atoms with Crippen LogP contribution >= 0.6 is 0 Å². The second kappa shape index (κ2) is 5.65. The van der Waals surface area contributed by atoms with Gasteiger partial charge in [0.15, 0.2) is 0 Å². The molecule has 3 atom stereocenters. The molecule has 5 heteroatoms. The van der Waals surface area contributed by atoms with E-state index in [0.29, 0.717) is 0 Å². The minimum absolute atomic E-state index is 0.0314. The number of rotatable bonds is 4. The highest BCUT2D eigenvalue weighted by molar-refractivity contribution is 5.46. The Hall–Kier alpha value is -1.17. The molecular weight excluding hydrogens is 230 g/mol. The van der Waals surface area contributed by atoms with Gasteiger partial charge in [0.25, 0.3) is 0 Å². The van der Waals surface area contributed by atoms with Gasteiger partial charge in [-0.3, -0.25) is 4.98 Å². The molecule has 0 radical (unpaired) electrons. The number of anilines is 1. The Morgan fingerprint density at radius 1 is 1.28 bits per heavy atom. The highest BCUT2D eigenvalue weighted by atomic mass is 16.5. The van der Waals surface area contributed by atoms with Crippen LogP contribution in [0.25, 0.3) is 0 Å². The van der Waals surface area contributed by atoms with Gasteiger partial charge in [0.05, 0.1) is 17.6 Å². The summed E-state index contributed by atoms with van der Waals surface area (Å²) in [6, 6.07) is 3.99. The summed E-state index contributed by atoms with van der Waals surface area (Å²) < 4.78 is 10.8. The van der Waals surface area contributed by atoms with Crippen LogP contribution in [-0.4, -0.2) is 44.5 Å². The fourth-order valence-corrected chi connectivity index (χ4v) is 2.26. The second-order valence-electron chi connectivity index (χ2n) is 4.68. The summed E-state index contributed by atoms with van der Waals surface area (Å²) in [6.07, 6.45) is 2.09. The first-order valence-corrected chi connectivity index (χ1v) is 6.17. The van der Waals surface area contributed by atoms with Gasteiger partial charge in [-0.25, -0.2) is 0 Å². The van der Waals surface area contributed by atoms with Crippen molar-refractivity contribution < 1.29 is 9.47 Å². The molecule has 1 aromatic rings. The third-order valence-electron chi connectivity index (χ3n) is 3.42. The van der Waals surface area contributed by atoms with Gasteiger partial charge in [-0.1, -0.05) is 0 Å². The van der Waals surface area contributed by atoms with Crippen molar-refractivity contribution in [2.45, 2.75) is 25.2 Å². The Labute approximate surface area is 108 Å². The second-order valence-corrected chi connectivity index (χ2v) is 4.68. The molecule has 2 heterocycles. The van der Waals surface area contributed by atoms with E-state index in [-0.39, 0.29) is 18.2 Å². The van der Waals surface area contributed by atoms with E-state index in [4.69, 9.17) is 15.2 Å². The van der Waals surface area contributed by atoms with E-state index in [1.54, 1.807) is 14.2 Å². The quantitative estimate of drug-likeness (QED) is 0.863. The molecule has 0 aromatic carbocycles. The lowest BCUT2D eigenvalue weighted by atomic mass is 10.2. The summed E-state index contributed by atoms with van der Waals surface area (Å²) in [5.41, 5.74) is 7.78. The Morgan fingerprint density at radius 2 is 1.89 bits per heavy atom. The van der Waals surface area contributed by atoms with E-state index in [1.807, 2.05) is 19.2 Å². The first-order valence-electron chi connectivity index (χ1n) is 6.17. The Morgan fingerprint density at radius 3 is 2.28 bits per heavy atom. The summed E-state index contributed by atoms with van der Waals surface area (Å²) in [6.45, 7) is 3.59. The molecule has 0 aliphatic carbocycles. The van der Waals surface area contributed by atoms with Gasteiger partial charge in [-0.2, -0.15) is 0 Å². The van der Waals surface area contributed by atoms with Gasteiger partial charge in [0.1, 0.15) is 12.2 Å². The van der Waals surface area contributed by atoms with Gasteiger partial charge >= 0.3 is 0 Å². The summed E-state index contributed by atoms with van der Waals surface area (Å²) >= 11 is 0. The van der Waals surface area contributed by atoms with Crippen molar-refractivity contribution in [1.82, 2.24) is 4.98 Å². The number of pyridine rings is 1. The highest BCUT2D eigenvalue weighted by Crippen LogP contribution is 2.23. The van der Waals surface area contributed by atoms with E-state index in [0.717, 1.165) is 24.5 Å². The molecule has 1 aliphatic heterocycles. The SMILES string of the molecule is COC1CN(c2ccc(C(C)N)nc2)CC1OC. The molecular formula is C13H21N3O2. The van der Waals surface area contributed by atoms with E-state index in [1.165, 1.54) is 0 Å². The third kappa shape index (κ3) is 2.63. The Balaban J connectivity index is 2.08. The Bertz CT molecular complexity index is 368. The molecule has 3 unspecified atom stereocenters. The number of hydrogen-bond donors (Lipinski definition) is 1. The zero-order chi connectivity index (χ0) is 13.1. The maximum Gasteiger partial charge on any atom is 0.102 e. The summed E-state index contributed by atoms with van der Waals surface area (Å²) in [4.78, 5) is 6.60. The number of nitrogens with zero attached hydrogens (tertiary/aromatic N) is 2. The number of nitrogens with two attached hydrogens (primary N) is 1. The first-order chi connectivity index (χ1) is 8.65. The van der Waals surface area contributed by atoms with Crippen molar-refractivity contribution in [1.29, 1.82) is 0 Å². The molecule has 18 heavy (non-hydrogen) atoms. The van der Waals surface area contributed by atoms with Crippen molar-refractivity contribution in [2.24, 2.45) is 5.73 Å². The minimum atomic E-state index is -0.0314. The zero-order valence-corrected chi connectivity index (χ0v) is 11.2. The van der Waals surface area contributed by atoms with Gasteiger partial charge in [0.2, 0.25) is 0 Å². The van der Waals surface area contributed by atoms with E-state index in [2.05, 4.69) is 16.0 Å². The molecule has 1 aromatic heterocycles. The molecule has 0 amide bonds. The minimum Gasteiger partial charge on any atom is -0.377 e. The van der Waals surface area contributed by atoms with Crippen LogP contribution in [0.5, 0.6) is 0 Å². The highest BCUT2D eigenvalue weighted by Gasteiger charge is 2.33. The van der Waals surface area contributed by atoms with Crippen LogP contribution in [0, 0.1) is 0 Å². The number of methoxy groups -OCH3 is 2. The molecule has 2 rings (SSSR count). The van der Waals surface area contributed by atoms with Crippen molar-refractivity contribution >= 4 is 5.69 Å². The van der Waals surface area contributed by atoms with E-state index >= 15 is 0 Å². The number of hydrogen-bond acceptors (Lipinski definition) is 5. The van der Waals surface area contributed by atoms with Crippen molar-refractivity contribution in [3.05, 3.63) is 24.0 Å². The van der Waals surface area contributed by atoms with Crippen molar-refractivity contribution in [3.63, 3.8) is 0 Å². The van der Waals surface area contributed by atoms with Crippen molar-refractivity contribution in [2.75, 3.05) is 32.2 Å². The molecule has 1 saturated heterocycles. The topological polar surface area (TPSA) is 60.6 Å². The molecule has 1 aliphatic rings. The van der Waals surface area contributed by atoms with Crippen LogP contribution in [0.2, 0.25) is 0 Å². The third-order valence-corrected chi connectivity index (χ3v) is 3.42. The predicted octanol–water partition coefficient (Wildman–Crippen LogP) is 0.951. The zero-order valence-electron chi connectivity index (χ0n) is 11.2. The lowest BCUT2D eigenvalue weighted by Crippen LogP contribution is -2.27. The summed E-state index contributed by atoms with van der Waals surface area (Å²) in [5.74, 6) is 0. The Kier molecular flexibility index (Phi) is 4.16. The monoisotopic (exact) mass is 251 g/mol. The van der Waals surface area contributed by atoms with E-state index < -0.39 is 0 Å². The van der Waals surface area contributed by atoms with Gasteiger partial charge in [-0.05, 0) is 19.1 Å². The van der Waals surface area contributed by atoms with Crippen LogP contribution < -0.4 is 10.6 Å². The van der Waals surface area contributed by atoms with E-state index in [9.17, 15) is 0 Å². The molecule has 0 saturated carbocycles. The molecule has 1 fully saturated rings. The van der Waals surface area contributed by atoms with Crippen LogP contribution in [0.4, 0.5) is 5.69 Å². The molecule has 0 spiro atoms. The maximum absolute atomic E-state index is 5.79. The standard InChI is InChI=1S/C13H21N3O2/c1-9(14)11-5-4-10(6-15-11)16-7-12(17-2)13(8-16)18-3/h4-6,9,12-13H,7-8,14H2,1-3H3. The molecule has 0 bridgehead atoms. The molecule has 2 N–H and O–H groups in total. The maximum atomic E-state index is 5.79. The van der Waals surface area contributed by atoms with Gasteiger partial charge in [-0.15, -0.1) is 0 Å².